The third-order valence-corrected chi connectivity index (χ3v) is 4.85. The monoisotopic (exact) mass is 388 g/mol. The normalized spacial score (nSPS) is 18.1. The second-order valence-electron chi connectivity index (χ2n) is 6.31. The summed E-state index contributed by atoms with van der Waals surface area (Å²) in [7, 11) is 1.63. The van der Waals surface area contributed by atoms with E-state index in [1.807, 2.05) is 30.3 Å². The summed E-state index contributed by atoms with van der Waals surface area (Å²) in [6, 6.07) is 14.2. The van der Waals surface area contributed by atoms with Gasteiger partial charge in [-0.25, -0.2) is 4.79 Å². The molecule has 2 aromatic rings. The number of anilines is 1. The summed E-state index contributed by atoms with van der Waals surface area (Å²) in [6.45, 7) is 0. The van der Waals surface area contributed by atoms with Crippen molar-refractivity contribution in [2.24, 2.45) is 10.9 Å². The molecule has 0 fully saturated rings. The Balaban J connectivity index is 1.69. The predicted octanol–water partition coefficient (Wildman–Crippen LogP) is 3.50. The Morgan fingerprint density at radius 2 is 1.82 bits per heavy atom. The minimum Gasteiger partial charge on any atom is -0.268 e. The number of carbonyl (C=O) groups excluding carboxylic acids is 2. The van der Waals surface area contributed by atoms with Crippen LogP contribution in [0.3, 0.4) is 0 Å². The van der Waals surface area contributed by atoms with Gasteiger partial charge in [-0.1, -0.05) is 41.6 Å². The van der Waals surface area contributed by atoms with Gasteiger partial charge in [0.15, 0.2) is 11.6 Å². The van der Waals surface area contributed by atoms with E-state index in [4.69, 9.17) is 11.6 Å². The molecule has 0 spiro atoms. The topological polar surface area (TPSA) is 52.8 Å². The number of fused-ring (bicyclic) bond motifs is 1. The van der Waals surface area contributed by atoms with Crippen LogP contribution in [0.4, 0.5) is 10.5 Å². The van der Waals surface area contributed by atoms with E-state index in [9.17, 15) is 9.59 Å². The van der Waals surface area contributed by atoms with E-state index in [0.29, 0.717) is 17.0 Å². The van der Waals surface area contributed by atoms with Gasteiger partial charge < -0.3 is 0 Å². The third-order valence-electron chi connectivity index (χ3n) is 4.55. The number of aliphatic imine (C=N–C) groups is 1. The Labute approximate surface area is 167 Å². The van der Waals surface area contributed by atoms with Gasteiger partial charge in [-0.05, 0) is 30.3 Å². The van der Waals surface area contributed by atoms with Crippen LogP contribution in [0, 0.1) is 17.8 Å². The fourth-order valence-corrected chi connectivity index (χ4v) is 3.36. The molecule has 5 nitrogen and oxygen atoms in total. The molecular formula is C22H15ClN3O2+. The van der Waals surface area contributed by atoms with Gasteiger partial charge in [0.05, 0.1) is 12.1 Å². The molecule has 0 saturated heterocycles. The minimum atomic E-state index is -0.610. The number of nitrogens with zero attached hydrogens (tertiary/aromatic N) is 3. The second-order valence-corrected chi connectivity index (χ2v) is 6.72. The highest BCUT2D eigenvalue weighted by Crippen LogP contribution is 2.30. The van der Waals surface area contributed by atoms with Gasteiger partial charge in [0, 0.05) is 29.6 Å². The second kappa shape index (κ2) is 7.26. The lowest BCUT2D eigenvalue weighted by atomic mass is 9.98. The molecule has 3 amide bonds. The van der Waals surface area contributed by atoms with Crippen LogP contribution in [0.1, 0.15) is 11.1 Å². The van der Waals surface area contributed by atoms with Crippen molar-refractivity contribution in [3.63, 3.8) is 0 Å². The summed E-state index contributed by atoms with van der Waals surface area (Å²) in [5.41, 5.74) is 2.51. The Morgan fingerprint density at radius 1 is 1.07 bits per heavy atom. The Bertz CT molecular complexity index is 1140. The molecule has 136 valence electrons. The van der Waals surface area contributed by atoms with Gasteiger partial charge in [-0.3, -0.25) is 4.99 Å². The molecule has 2 aliphatic heterocycles. The molecule has 2 aromatic carbocycles. The van der Waals surface area contributed by atoms with Crippen LogP contribution in [0.2, 0.25) is 5.02 Å². The van der Waals surface area contributed by atoms with Crippen LogP contribution in [0.5, 0.6) is 0 Å². The number of benzene rings is 2. The van der Waals surface area contributed by atoms with Gasteiger partial charge in [-0.15, -0.1) is 4.90 Å². The quantitative estimate of drug-likeness (QED) is 0.554. The van der Waals surface area contributed by atoms with E-state index in [2.05, 4.69) is 16.8 Å². The summed E-state index contributed by atoms with van der Waals surface area (Å²) >= 11 is 6.41. The maximum Gasteiger partial charge on any atom is 0.506 e. The molecular weight excluding hydrogens is 374 g/mol. The summed E-state index contributed by atoms with van der Waals surface area (Å²) in [4.78, 5) is 30.8. The van der Waals surface area contributed by atoms with E-state index >= 15 is 0 Å². The molecule has 0 saturated carbocycles. The van der Waals surface area contributed by atoms with Crippen molar-refractivity contribution in [2.45, 2.75) is 0 Å². The number of amides is 3. The lowest BCUT2D eigenvalue weighted by Gasteiger charge is -2.25. The lowest BCUT2D eigenvalue weighted by Crippen LogP contribution is -2.54. The molecule has 0 bridgehead atoms. The highest BCUT2D eigenvalue weighted by atomic mass is 35.5. The van der Waals surface area contributed by atoms with Gasteiger partial charge >= 0.3 is 11.9 Å². The number of allylic oxidation sites excluding steroid dienone is 1. The Kier molecular flexibility index (Phi) is 4.64. The SMILES string of the molecule is C[N+]1=C2C=CN=CC2C(=O)N(c2ccc(C#Cc3ccccc3)cc2Cl)C1=O. The van der Waals surface area contributed by atoms with E-state index in [-0.39, 0.29) is 10.9 Å². The van der Waals surface area contributed by atoms with Crippen LogP contribution < -0.4 is 4.90 Å². The largest absolute Gasteiger partial charge is 0.506 e. The molecule has 6 heteroatoms. The summed E-state index contributed by atoms with van der Waals surface area (Å²) < 4.78 is 1.44. The van der Waals surface area contributed by atoms with Crippen LogP contribution in [0.25, 0.3) is 0 Å². The molecule has 2 heterocycles. The lowest BCUT2D eigenvalue weighted by molar-refractivity contribution is -0.393. The average Bonchev–Trinajstić information content (AvgIpc) is 2.73. The molecule has 0 aliphatic carbocycles. The number of hydrogen-bond acceptors (Lipinski definition) is 3. The van der Waals surface area contributed by atoms with Crippen LogP contribution in [0.15, 0.2) is 65.8 Å². The summed E-state index contributed by atoms with van der Waals surface area (Å²) in [5.74, 6) is 5.11. The van der Waals surface area contributed by atoms with Crippen molar-refractivity contribution < 1.29 is 14.2 Å². The van der Waals surface area contributed by atoms with Crippen molar-refractivity contribution in [3.8, 4) is 11.8 Å². The first kappa shape index (κ1) is 17.9. The molecule has 4 rings (SSSR count). The maximum atomic E-state index is 12.9. The molecule has 1 unspecified atom stereocenters. The summed E-state index contributed by atoms with van der Waals surface area (Å²) in [6.07, 6.45) is 4.76. The zero-order valence-electron chi connectivity index (χ0n) is 15.0. The van der Waals surface area contributed by atoms with Crippen LogP contribution in [-0.4, -0.2) is 35.5 Å². The Morgan fingerprint density at radius 3 is 2.57 bits per heavy atom. The first-order valence-corrected chi connectivity index (χ1v) is 8.99. The van der Waals surface area contributed by atoms with Crippen molar-refractivity contribution in [1.29, 1.82) is 0 Å². The number of imide groups is 1. The predicted molar refractivity (Wildman–Crippen MR) is 109 cm³/mol. The fraction of sp³-hybridized carbons (Fsp3) is 0.0909. The number of hydrogen-bond donors (Lipinski definition) is 0. The number of carbonyl (C=O) groups is 2. The van der Waals surface area contributed by atoms with E-state index in [1.54, 1.807) is 37.5 Å². The smallest absolute Gasteiger partial charge is 0.268 e. The number of rotatable bonds is 1. The van der Waals surface area contributed by atoms with Crippen molar-refractivity contribution in [2.75, 3.05) is 11.9 Å². The fourth-order valence-electron chi connectivity index (χ4n) is 3.09. The Hall–Kier alpha value is -3.49. The van der Waals surface area contributed by atoms with Crippen molar-refractivity contribution >= 4 is 41.2 Å². The van der Waals surface area contributed by atoms with Crippen LogP contribution in [-0.2, 0) is 4.79 Å². The van der Waals surface area contributed by atoms with Gasteiger partial charge in [0.25, 0.3) is 0 Å². The van der Waals surface area contributed by atoms with Crippen molar-refractivity contribution in [3.05, 3.63) is 77.0 Å². The van der Waals surface area contributed by atoms with E-state index in [1.165, 1.54) is 10.8 Å². The highest BCUT2D eigenvalue weighted by molar-refractivity contribution is 6.37. The summed E-state index contributed by atoms with van der Waals surface area (Å²) in [5, 5.41) is 0.279. The third kappa shape index (κ3) is 3.15. The molecule has 28 heavy (non-hydrogen) atoms. The van der Waals surface area contributed by atoms with E-state index < -0.39 is 11.9 Å². The highest BCUT2D eigenvalue weighted by Gasteiger charge is 2.47. The zero-order chi connectivity index (χ0) is 19.7. The number of halogens is 1. The standard InChI is InChI=1S/C22H15ClN3O2/c1-25-19-11-12-24-14-17(19)21(27)26(22(25)28)20-10-9-16(13-18(20)23)8-7-15-5-3-2-4-6-15/h2-6,9-14,17H,1H3/q+1. The first-order chi connectivity index (χ1) is 13.6. The van der Waals surface area contributed by atoms with Gasteiger partial charge in [-0.2, -0.15) is 9.37 Å². The number of urea groups is 1. The molecule has 2 aliphatic rings. The average molecular weight is 389 g/mol. The maximum absolute atomic E-state index is 12.9. The minimum absolute atomic E-state index is 0.279. The molecule has 0 radical (unpaired) electrons. The van der Waals surface area contributed by atoms with Crippen molar-refractivity contribution in [1.82, 2.24) is 0 Å². The molecule has 0 aromatic heterocycles. The molecule has 1 atom stereocenters. The zero-order valence-corrected chi connectivity index (χ0v) is 15.7. The first-order valence-electron chi connectivity index (χ1n) is 8.61. The van der Waals surface area contributed by atoms with Gasteiger partial charge in [0.2, 0.25) is 0 Å². The molecule has 0 N–H and O–H groups in total. The van der Waals surface area contributed by atoms with Gasteiger partial charge in [0.1, 0.15) is 5.71 Å². The van der Waals surface area contributed by atoms with E-state index in [0.717, 1.165) is 10.5 Å². The van der Waals surface area contributed by atoms with Crippen LogP contribution >= 0.6 is 11.6 Å².